The van der Waals surface area contributed by atoms with Gasteiger partial charge in [-0.05, 0) is 20.8 Å². The fraction of sp³-hybridized carbons (Fsp3) is 0.400. The summed E-state index contributed by atoms with van der Waals surface area (Å²) in [5.74, 6) is 0.597. The molecule has 0 saturated heterocycles. The first-order chi connectivity index (χ1) is 6.06. The van der Waals surface area contributed by atoms with E-state index in [1.165, 1.54) is 6.92 Å². The lowest BCUT2D eigenvalue weighted by Gasteiger charge is -2.08. The number of carbonyl (C=O) groups excluding carboxylic acids is 1. The number of hydrogen-bond donors (Lipinski definition) is 0. The Balaban J connectivity index is 3.38. The van der Waals surface area contributed by atoms with Gasteiger partial charge in [0.1, 0.15) is 5.75 Å². The lowest BCUT2D eigenvalue weighted by atomic mass is 10.1. The van der Waals surface area contributed by atoms with Crippen LogP contribution in [-0.4, -0.2) is 17.9 Å². The summed E-state index contributed by atoms with van der Waals surface area (Å²) in [7, 11) is 1.56. The lowest BCUT2D eigenvalue weighted by molar-refractivity contribution is 0.101. The average molecular weight is 179 g/mol. The van der Waals surface area contributed by atoms with Gasteiger partial charge >= 0.3 is 0 Å². The van der Waals surface area contributed by atoms with E-state index in [0.29, 0.717) is 11.3 Å². The smallest absolute Gasteiger partial charge is 0.165 e. The quantitative estimate of drug-likeness (QED) is 0.651. The summed E-state index contributed by atoms with van der Waals surface area (Å²) in [4.78, 5) is 15.4. The predicted molar refractivity (Wildman–Crippen MR) is 50.3 cm³/mol. The van der Waals surface area contributed by atoms with Crippen LogP contribution in [0, 0.1) is 13.8 Å². The Hall–Kier alpha value is -1.38. The molecule has 0 spiro atoms. The molecular weight excluding hydrogens is 166 g/mol. The second-order valence-electron chi connectivity index (χ2n) is 2.98. The molecule has 0 N–H and O–H groups in total. The number of Topliss-reactive ketones (excluding diaryl/α,β-unsaturated/α-hetero) is 1. The van der Waals surface area contributed by atoms with Gasteiger partial charge in [0.2, 0.25) is 0 Å². The number of methoxy groups -OCH3 is 1. The van der Waals surface area contributed by atoms with Crippen molar-refractivity contribution >= 4 is 5.78 Å². The lowest BCUT2D eigenvalue weighted by Crippen LogP contribution is -2.03. The van der Waals surface area contributed by atoms with Gasteiger partial charge in [0.25, 0.3) is 0 Å². The molecule has 0 aliphatic rings. The van der Waals surface area contributed by atoms with E-state index < -0.39 is 0 Å². The number of carbonyl (C=O) groups is 1. The van der Waals surface area contributed by atoms with E-state index in [2.05, 4.69) is 4.98 Å². The van der Waals surface area contributed by atoms with Crippen LogP contribution < -0.4 is 4.74 Å². The molecule has 0 aliphatic heterocycles. The van der Waals surface area contributed by atoms with Gasteiger partial charge in [-0.1, -0.05) is 0 Å². The third-order valence-corrected chi connectivity index (χ3v) is 1.86. The zero-order valence-corrected chi connectivity index (χ0v) is 8.34. The monoisotopic (exact) mass is 179 g/mol. The highest BCUT2D eigenvalue weighted by atomic mass is 16.5. The van der Waals surface area contributed by atoms with Crippen LogP contribution in [0.2, 0.25) is 0 Å². The minimum Gasteiger partial charge on any atom is -0.496 e. The Kier molecular flexibility index (Phi) is 2.66. The Morgan fingerprint density at radius 2 is 2.08 bits per heavy atom. The largest absolute Gasteiger partial charge is 0.496 e. The number of rotatable bonds is 2. The van der Waals surface area contributed by atoms with E-state index in [0.717, 1.165) is 11.4 Å². The molecule has 1 aromatic heterocycles. The molecule has 1 aromatic rings. The average Bonchev–Trinajstić information content (AvgIpc) is 2.01. The second kappa shape index (κ2) is 3.56. The standard InChI is InChI=1S/C10H13NO2/c1-6-5-9(13-4)10(8(3)12)7(2)11-6/h5H,1-4H3. The van der Waals surface area contributed by atoms with Crippen LogP contribution in [0.25, 0.3) is 0 Å². The minimum absolute atomic E-state index is 0.0122. The van der Waals surface area contributed by atoms with Crippen LogP contribution in [0.5, 0.6) is 5.75 Å². The van der Waals surface area contributed by atoms with Crippen LogP contribution >= 0.6 is 0 Å². The third kappa shape index (κ3) is 1.86. The van der Waals surface area contributed by atoms with E-state index in [4.69, 9.17) is 4.74 Å². The van der Waals surface area contributed by atoms with Gasteiger partial charge in [0.05, 0.1) is 18.4 Å². The molecule has 0 aromatic carbocycles. The van der Waals surface area contributed by atoms with Gasteiger partial charge in [-0.15, -0.1) is 0 Å². The first-order valence-corrected chi connectivity index (χ1v) is 4.09. The summed E-state index contributed by atoms with van der Waals surface area (Å²) in [5, 5.41) is 0. The fourth-order valence-corrected chi connectivity index (χ4v) is 1.38. The number of hydrogen-bond acceptors (Lipinski definition) is 3. The Bertz CT molecular complexity index is 345. The van der Waals surface area contributed by atoms with E-state index in [9.17, 15) is 4.79 Å². The summed E-state index contributed by atoms with van der Waals surface area (Å²) >= 11 is 0. The molecule has 0 radical (unpaired) electrons. The summed E-state index contributed by atoms with van der Waals surface area (Å²) in [6, 6.07) is 1.77. The Morgan fingerprint density at radius 1 is 1.46 bits per heavy atom. The summed E-state index contributed by atoms with van der Waals surface area (Å²) < 4.78 is 5.11. The number of ether oxygens (including phenoxy) is 1. The van der Waals surface area contributed by atoms with Crippen molar-refractivity contribution in [3.05, 3.63) is 23.0 Å². The molecule has 0 fully saturated rings. The van der Waals surface area contributed by atoms with Crippen molar-refractivity contribution < 1.29 is 9.53 Å². The van der Waals surface area contributed by atoms with E-state index in [1.807, 2.05) is 13.8 Å². The van der Waals surface area contributed by atoms with E-state index in [1.54, 1.807) is 13.2 Å². The second-order valence-corrected chi connectivity index (χ2v) is 2.98. The maximum atomic E-state index is 11.2. The summed E-state index contributed by atoms with van der Waals surface area (Å²) in [6.07, 6.45) is 0. The highest BCUT2D eigenvalue weighted by molar-refractivity contribution is 5.97. The molecule has 1 heterocycles. The van der Waals surface area contributed by atoms with Crippen LogP contribution in [0.15, 0.2) is 6.07 Å². The Labute approximate surface area is 77.8 Å². The van der Waals surface area contributed by atoms with Gasteiger partial charge < -0.3 is 4.74 Å². The van der Waals surface area contributed by atoms with Crippen molar-refractivity contribution in [3.8, 4) is 5.75 Å². The van der Waals surface area contributed by atoms with Gasteiger partial charge in [0, 0.05) is 11.8 Å². The van der Waals surface area contributed by atoms with Crippen LogP contribution in [0.1, 0.15) is 28.7 Å². The van der Waals surface area contributed by atoms with Gasteiger partial charge in [0.15, 0.2) is 5.78 Å². The molecule has 3 heteroatoms. The molecule has 0 amide bonds. The third-order valence-electron chi connectivity index (χ3n) is 1.86. The minimum atomic E-state index is -0.0122. The molecule has 0 aliphatic carbocycles. The van der Waals surface area contributed by atoms with Crippen LogP contribution in [0.3, 0.4) is 0 Å². The molecular formula is C10H13NO2. The Morgan fingerprint density at radius 3 is 2.54 bits per heavy atom. The molecule has 0 unspecified atom stereocenters. The zero-order valence-electron chi connectivity index (χ0n) is 8.34. The molecule has 70 valence electrons. The van der Waals surface area contributed by atoms with Crippen molar-refractivity contribution in [2.24, 2.45) is 0 Å². The van der Waals surface area contributed by atoms with Crippen molar-refractivity contribution in [3.63, 3.8) is 0 Å². The maximum Gasteiger partial charge on any atom is 0.165 e. The maximum absolute atomic E-state index is 11.2. The number of pyridine rings is 1. The SMILES string of the molecule is COc1cc(C)nc(C)c1C(C)=O. The molecule has 3 nitrogen and oxygen atoms in total. The highest BCUT2D eigenvalue weighted by Gasteiger charge is 2.12. The van der Waals surface area contributed by atoms with Crippen LogP contribution in [-0.2, 0) is 0 Å². The molecule has 13 heavy (non-hydrogen) atoms. The number of ketones is 1. The highest BCUT2D eigenvalue weighted by Crippen LogP contribution is 2.21. The zero-order chi connectivity index (χ0) is 10.0. The first kappa shape index (κ1) is 9.71. The van der Waals surface area contributed by atoms with Crippen LogP contribution in [0.4, 0.5) is 0 Å². The molecule has 1 rings (SSSR count). The van der Waals surface area contributed by atoms with Gasteiger partial charge in [-0.2, -0.15) is 0 Å². The molecule has 0 saturated carbocycles. The number of nitrogens with zero attached hydrogens (tertiary/aromatic N) is 1. The molecule has 0 atom stereocenters. The van der Waals surface area contributed by atoms with Crippen molar-refractivity contribution in [1.29, 1.82) is 0 Å². The number of aromatic nitrogens is 1. The van der Waals surface area contributed by atoms with Crippen molar-refractivity contribution in [2.45, 2.75) is 20.8 Å². The van der Waals surface area contributed by atoms with Gasteiger partial charge in [-0.3, -0.25) is 9.78 Å². The van der Waals surface area contributed by atoms with Gasteiger partial charge in [-0.25, -0.2) is 0 Å². The van der Waals surface area contributed by atoms with Crippen molar-refractivity contribution in [1.82, 2.24) is 4.98 Å². The molecule has 0 bridgehead atoms. The first-order valence-electron chi connectivity index (χ1n) is 4.09. The fourth-order valence-electron chi connectivity index (χ4n) is 1.38. The van der Waals surface area contributed by atoms with E-state index in [-0.39, 0.29) is 5.78 Å². The predicted octanol–water partition coefficient (Wildman–Crippen LogP) is 1.91. The summed E-state index contributed by atoms with van der Waals surface area (Å²) in [6.45, 7) is 5.20. The van der Waals surface area contributed by atoms with Crippen molar-refractivity contribution in [2.75, 3.05) is 7.11 Å². The normalized spacial score (nSPS) is 9.85. The number of aryl methyl sites for hydroxylation is 2. The summed E-state index contributed by atoms with van der Waals surface area (Å²) in [5.41, 5.74) is 2.16. The van der Waals surface area contributed by atoms with E-state index >= 15 is 0 Å². The topological polar surface area (TPSA) is 39.2 Å².